The van der Waals surface area contributed by atoms with E-state index in [1.165, 1.54) is 0 Å². The van der Waals surface area contributed by atoms with Gasteiger partial charge in [-0.05, 0) is 25.2 Å². The second kappa shape index (κ2) is 4.30. The largest absolute Gasteiger partial charge is 0.465 e. The Morgan fingerprint density at radius 2 is 2.25 bits per heavy atom. The Bertz CT molecular complexity index is 160. The van der Waals surface area contributed by atoms with Crippen LogP contribution in [0.2, 0.25) is 0 Å². The van der Waals surface area contributed by atoms with Gasteiger partial charge in [0.05, 0.1) is 6.10 Å². The lowest BCUT2D eigenvalue weighted by Crippen LogP contribution is -2.31. The van der Waals surface area contributed by atoms with Crippen LogP contribution in [0.3, 0.4) is 0 Å². The van der Waals surface area contributed by atoms with E-state index in [2.05, 4.69) is 5.32 Å². The number of rotatable bonds is 2. The van der Waals surface area contributed by atoms with E-state index in [4.69, 9.17) is 5.11 Å². The van der Waals surface area contributed by atoms with Gasteiger partial charge in [0.1, 0.15) is 0 Å². The van der Waals surface area contributed by atoms with Crippen molar-refractivity contribution in [1.29, 1.82) is 0 Å². The molecule has 0 aromatic rings. The van der Waals surface area contributed by atoms with Gasteiger partial charge in [-0.15, -0.1) is 0 Å². The number of aliphatic hydroxyl groups is 1. The maximum atomic E-state index is 10.1. The maximum absolute atomic E-state index is 10.1. The average Bonchev–Trinajstić information content (AvgIpc) is 2.01. The minimum absolute atomic E-state index is 0.223. The van der Waals surface area contributed by atoms with Gasteiger partial charge in [-0.3, -0.25) is 0 Å². The third kappa shape index (κ3) is 3.09. The number of amides is 1. The maximum Gasteiger partial charge on any atom is 0.404 e. The molecule has 1 aliphatic rings. The quantitative estimate of drug-likeness (QED) is 0.578. The second-order valence-corrected chi connectivity index (χ2v) is 3.37. The highest BCUT2D eigenvalue weighted by molar-refractivity contribution is 5.64. The number of carbonyl (C=O) groups is 1. The SMILES string of the molecule is O=C(O)NCC1CCCC(O)C1. The van der Waals surface area contributed by atoms with Crippen molar-refractivity contribution in [3.63, 3.8) is 0 Å². The molecule has 0 radical (unpaired) electrons. The molecule has 4 heteroatoms. The van der Waals surface area contributed by atoms with Crippen molar-refractivity contribution in [1.82, 2.24) is 5.32 Å². The normalized spacial score (nSPS) is 29.8. The Labute approximate surface area is 71.6 Å². The molecule has 1 saturated carbocycles. The Hall–Kier alpha value is -0.770. The molecule has 70 valence electrons. The summed E-state index contributed by atoms with van der Waals surface area (Å²) in [5.74, 6) is 0.324. The fourth-order valence-electron chi connectivity index (χ4n) is 1.68. The molecule has 0 spiro atoms. The summed E-state index contributed by atoms with van der Waals surface area (Å²) >= 11 is 0. The van der Waals surface area contributed by atoms with Crippen LogP contribution in [0, 0.1) is 5.92 Å². The van der Waals surface area contributed by atoms with Gasteiger partial charge in [-0.2, -0.15) is 0 Å². The lowest BCUT2D eigenvalue weighted by Gasteiger charge is -2.25. The highest BCUT2D eigenvalue weighted by Gasteiger charge is 2.20. The standard InChI is InChI=1S/C8H15NO3/c10-7-3-1-2-6(4-7)5-9-8(11)12/h6-7,9-10H,1-5H2,(H,11,12). The van der Waals surface area contributed by atoms with E-state index < -0.39 is 6.09 Å². The first kappa shape index (κ1) is 9.32. The summed E-state index contributed by atoms with van der Waals surface area (Å²) in [5, 5.41) is 19.9. The number of nitrogens with one attached hydrogen (secondary N) is 1. The molecule has 0 saturated heterocycles. The van der Waals surface area contributed by atoms with Crippen LogP contribution in [0.25, 0.3) is 0 Å². The third-order valence-electron chi connectivity index (χ3n) is 2.30. The van der Waals surface area contributed by atoms with E-state index in [0.29, 0.717) is 12.5 Å². The molecule has 3 N–H and O–H groups in total. The first-order valence-corrected chi connectivity index (χ1v) is 4.33. The van der Waals surface area contributed by atoms with Gasteiger partial charge in [0, 0.05) is 6.54 Å². The van der Waals surface area contributed by atoms with Gasteiger partial charge >= 0.3 is 6.09 Å². The van der Waals surface area contributed by atoms with Gasteiger partial charge in [0.25, 0.3) is 0 Å². The van der Waals surface area contributed by atoms with Crippen LogP contribution in [0.15, 0.2) is 0 Å². The van der Waals surface area contributed by atoms with E-state index in [1.807, 2.05) is 0 Å². The van der Waals surface area contributed by atoms with Gasteiger partial charge < -0.3 is 15.5 Å². The van der Waals surface area contributed by atoms with Crippen molar-refractivity contribution in [3.05, 3.63) is 0 Å². The summed E-state index contributed by atoms with van der Waals surface area (Å²) in [6, 6.07) is 0. The molecule has 12 heavy (non-hydrogen) atoms. The first-order chi connectivity index (χ1) is 5.68. The number of hydrogen-bond acceptors (Lipinski definition) is 2. The summed E-state index contributed by atoms with van der Waals surface area (Å²) in [6.45, 7) is 0.479. The molecule has 1 aliphatic carbocycles. The lowest BCUT2D eigenvalue weighted by molar-refractivity contribution is 0.0998. The van der Waals surface area contributed by atoms with Crippen molar-refractivity contribution in [2.75, 3.05) is 6.54 Å². The molecule has 0 aromatic carbocycles. The molecule has 1 fully saturated rings. The predicted molar refractivity (Wildman–Crippen MR) is 44.0 cm³/mol. The summed E-state index contributed by atoms with van der Waals surface area (Å²) in [5.41, 5.74) is 0. The fourth-order valence-corrected chi connectivity index (χ4v) is 1.68. The molecular formula is C8H15NO3. The van der Waals surface area contributed by atoms with Gasteiger partial charge in [-0.1, -0.05) is 6.42 Å². The van der Waals surface area contributed by atoms with Crippen LogP contribution >= 0.6 is 0 Å². The van der Waals surface area contributed by atoms with E-state index in [1.54, 1.807) is 0 Å². The Kier molecular flexibility index (Phi) is 3.34. The summed E-state index contributed by atoms with van der Waals surface area (Å²) < 4.78 is 0. The number of aliphatic hydroxyl groups excluding tert-OH is 1. The van der Waals surface area contributed by atoms with E-state index in [0.717, 1.165) is 25.7 Å². The average molecular weight is 173 g/mol. The van der Waals surface area contributed by atoms with Crippen molar-refractivity contribution in [2.24, 2.45) is 5.92 Å². The lowest BCUT2D eigenvalue weighted by atomic mass is 9.87. The number of hydrogen-bond donors (Lipinski definition) is 3. The molecular weight excluding hydrogens is 158 g/mol. The molecule has 2 atom stereocenters. The molecule has 2 unspecified atom stereocenters. The van der Waals surface area contributed by atoms with Gasteiger partial charge in [0.15, 0.2) is 0 Å². The molecule has 1 rings (SSSR count). The fraction of sp³-hybridized carbons (Fsp3) is 0.875. The van der Waals surface area contributed by atoms with E-state index in [9.17, 15) is 9.90 Å². The molecule has 0 aromatic heterocycles. The highest BCUT2D eigenvalue weighted by Crippen LogP contribution is 2.23. The minimum Gasteiger partial charge on any atom is -0.465 e. The molecule has 0 bridgehead atoms. The smallest absolute Gasteiger partial charge is 0.404 e. The van der Waals surface area contributed by atoms with E-state index in [-0.39, 0.29) is 6.10 Å². The zero-order chi connectivity index (χ0) is 8.97. The molecule has 0 heterocycles. The van der Waals surface area contributed by atoms with Crippen molar-refractivity contribution in [2.45, 2.75) is 31.8 Å². The van der Waals surface area contributed by atoms with Crippen LogP contribution < -0.4 is 5.32 Å². The minimum atomic E-state index is -0.977. The zero-order valence-corrected chi connectivity index (χ0v) is 6.99. The summed E-state index contributed by atoms with van der Waals surface area (Å²) in [6.07, 6.45) is 2.43. The molecule has 0 aliphatic heterocycles. The van der Waals surface area contributed by atoms with Crippen molar-refractivity contribution < 1.29 is 15.0 Å². The third-order valence-corrected chi connectivity index (χ3v) is 2.30. The van der Waals surface area contributed by atoms with Crippen LogP contribution in [0.4, 0.5) is 4.79 Å². The van der Waals surface area contributed by atoms with Crippen molar-refractivity contribution in [3.8, 4) is 0 Å². The molecule has 4 nitrogen and oxygen atoms in total. The van der Waals surface area contributed by atoms with Gasteiger partial charge in [-0.25, -0.2) is 4.79 Å². The topological polar surface area (TPSA) is 69.6 Å². The Balaban J connectivity index is 2.18. The summed E-state index contributed by atoms with van der Waals surface area (Å²) in [4.78, 5) is 10.1. The van der Waals surface area contributed by atoms with E-state index >= 15 is 0 Å². The number of carboxylic acid groups (broad SMARTS) is 1. The summed E-state index contributed by atoms with van der Waals surface area (Å²) in [7, 11) is 0. The van der Waals surface area contributed by atoms with Gasteiger partial charge in [0.2, 0.25) is 0 Å². The Morgan fingerprint density at radius 1 is 1.50 bits per heavy atom. The monoisotopic (exact) mass is 173 g/mol. The first-order valence-electron chi connectivity index (χ1n) is 4.33. The van der Waals surface area contributed by atoms with Crippen LogP contribution in [0.5, 0.6) is 0 Å². The predicted octanol–water partition coefficient (Wildman–Crippen LogP) is 0.805. The van der Waals surface area contributed by atoms with Crippen LogP contribution in [-0.4, -0.2) is 29.0 Å². The van der Waals surface area contributed by atoms with Crippen molar-refractivity contribution >= 4 is 6.09 Å². The Morgan fingerprint density at radius 3 is 2.83 bits per heavy atom. The second-order valence-electron chi connectivity index (χ2n) is 3.37. The highest BCUT2D eigenvalue weighted by atomic mass is 16.4. The zero-order valence-electron chi connectivity index (χ0n) is 6.99. The van der Waals surface area contributed by atoms with Crippen LogP contribution in [-0.2, 0) is 0 Å². The molecule has 1 amide bonds. The van der Waals surface area contributed by atoms with Crippen LogP contribution in [0.1, 0.15) is 25.7 Å².